The Bertz CT molecular complexity index is 900. The maximum atomic E-state index is 4.83. The molecule has 0 unspecified atom stereocenters. The first-order chi connectivity index (χ1) is 12.3. The van der Waals surface area contributed by atoms with Crippen LogP contribution in [0.4, 0.5) is 0 Å². The number of hydrogen-bond donors (Lipinski definition) is 0. The number of rotatable bonds is 5. The van der Waals surface area contributed by atoms with E-state index in [4.69, 9.17) is 9.97 Å². The zero-order chi connectivity index (χ0) is 17.1. The van der Waals surface area contributed by atoms with E-state index in [0.717, 1.165) is 15.9 Å². The number of hydrogen-bond acceptors (Lipinski definition) is 5. The Kier molecular flexibility index (Phi) is 5.44. The van der Waals surface area contributed by atoms with E-state index in [2.05, 4.69) is 42.7 Å². The second kappa shape index (κ2) is 7.94. The molecule has 3 aromatic rings. The topological polar surface area (TPSA) is 25.8 Å². The SMILES string of the molecule is CSc1nc(SC/C=C/c2ccccc2)c2c3c(sc2n1)CCCC3. The normalized spacial score (nSPS) is 14.3. The molecule has 5 heteroatoms. The predicted octanol–water partition coefficient (Wildman–Crippen LogP) is 6.10. The molecular formula is C20H20N2S3. The van der Waals surface area contributed by atoms with Gasteiger partial charge in [0.05, 0.1) is 0 Å². The van der Waals surface area contributed by atoms with Crippen LogP contribution >= 0.6 is 34.9 Å². The number of nitrogens with zero attached hydrogens (tertiary/aromatic N) is 2. The molecule has 0 bridgehead atoms. The standard InChI is InChI=1S/C20H20N2S3/c1-23-20-21-18(24-13-7-10-14-8-3-2-4-9-14)17-15-11-5-6-12-16(15)25-19(17)22-20/h2-4,7-10H,5-6,11-13H2,1H3/b10-7+. The van der Waals surface area contributed by atoms with Crippen LogP contribution in [0.5, 0.6) is 0 Å². The first kappa shape index (κ1) is 17.1. The number of fused-ring (bicyclic) bond motifs is 3. The van der Waals surface area contributed by atoms with Crippen molar-refractivity contribution in [1.29, 1.82) is 0 Å². The number of thiophene rings is 1. The zero-order valence-electron chi connectivity index (χ0n) is 14.2. The van der Waals surface area contributed by atoms with Crippen molar-refractivity contribution in [3.8, 4) is 0 Å². The summed E-state index contributed by atoms with van der Waals surface area (Å²) >= 11 is 5.35. The van der Waals surface area contributed by atoms with Crippen LogP contribution in [-0.4, -0.2) is 22.0 Å². The molecule has 128 valence electrons. The van der Waals surface area contributed by atoms with Gasteiger partial charge in [-0.15, -0.1) is 23.1 Å². The summed E-state index contributed by atoms with van der Waals surface area (Å²) in [4.78, 5) is 12.3. The predicted molar refractivity (Wildman–Crippen MR) is 112 cm³/mol. The molecule has 0 aliphatic heterocycles. The summed E-state index contributed by atoms with van der Waals surface area (Å²) in [6.07, 6.45) is 11.5. The number of aromatic nitrogens is 2. The van der Waals surface area contributed by atoms with Crippen LogP contribution in [0.1, 0.15) is 28.8 Å². The maximum absolute atomic E-state index is 4.83. The van der Waals surface area contributed by atoms with E-state index in [1.807, 2.05) is 29.2 Å². The monoisotopic (exact) mass is 384 g/mol. The molecule has 1 aliphatic rings. The quantitative estimate of drug-likeness (QED) is 0.302. The highest BCUT2D eigenvalue weighted by Crippen LogP contribution is 2.40. The van der Waals surface area contributed by atoms with Crippen molar-refractivity contribution in [2.24, 2.45) is 0 Å². The van der Waals surface area contributed by atoms with Crippen molar-refractivity contribution >= 4 is 51.2 Å². The summed E-state index contributed by atoms with van der Waals surface area (Å²) in [5.41, 5.74) is 2.77. The second-order valence-electron chi connectivity index (χ2n) is 6.03. The van der Waals surface area contributed by atoms with Gasteiger partial charge in [-0.1, -0.05) is 54.2 Å². The number of benzene rings is 1. The summed E-state index contributed by atoms with van der Waals surface area (Å²) < 4.78 is 0. The fourth-order valence-electron chi connectivity index (χ4n) is 3.18. The van der Waals surface area contributed by atoms with Crippen molar-refractivity contribution in [3.05, 3.63) is 52.4 Å². The van der Waals surface area contributed by atoms with Gasteiger partial charge in [0.25, 0.3) is 0 Å². The minimum Gasteiger partial charge on any atom is -0.215 e. The van der Waals surface area contributed by atoms with E-state index in [1.54, 1.807) is 11.8 Å². The summed E-state index contributed by atoms with van der Waals surface area (Å²) in [5.74, 6) is 0.930. The van der Waals surface area contributed by atoms with E-state index in [9.17, 15) is 0 Å². The third-order valence-corrected chi connectivity index (χ3v) is 7.03. The van der Waals surface area contributed by atoms with Crippen molar-refractivity contribution in [2.75, 3.05) is 12.0 Å². The van der Waals surface area contributed by atoms with Crippen molar-refractivity contribution in [1.82, 2.24) is 9.97 Å². The Hall–Kier alpha value is -1.30. The lowest BCUT2D eigenvalue weighted by molar-refractivity contribution is 0.699. The molecule has 1 aliphatic carbocycles. The minimum atomic E-state index is 0.889. The number of thioether (sulfide) groups is 2. The average molecular weight is 385 g/mol. The van der Waals surface area contributed by atoms with E-state index in [0.29, 0.717) is 0 Å². The molecule has 0 saturated heterocycles. The molecule has 25 heavy (non-hydrogen) atoms. The highest BCUT2D eigenvalue weighted by atomic mass is 32.2. The van der Waals surface area contributed by atoms with Gasteiger partial charge in [-0.25, -0.2) is 9.97 Å². The molecule has 0 atom stereocenters. The molecule has 0 fully saturated rings. The van der Waals surface area contributed by atoms with E-state index < -0.39 is 0 Å². The van der Waals surface area contributed by atoms with Crippen LogP contribution < -0.4 is 0 Å². The smallest absolute Gasteiger partial charge is 0.189 e. The Morgan fingerprint density at radius 2 is 1.96 bits per heavy atom. The van der Waals surface area contributed by atoms with Crippen LogP contribution in [0.3, 0.4) is 0 Å². The molecule has 0 amide bonds. The summed E-state index contributed by atoms with van der Waals surface area (Å²) in [7, 11) is 0. The molecule has 2 aromatic heterocycles. The summed E-state index contributed by atoms with van der Waals surface area (Å²) in [6, 6.07) is 10.5. The second-order valence-corrected chi connectivity index (χ2v) is 8.90. The first-order valence-corrected chi connectivity index (χ1v) is 11.6. The van der Waals surface area contributed by atoms with Gasteiger partial charge in [0.15, 0.2) is 5.16 Å². The third kappa shape index (κ3) is 3.78. The summed E-state index contributed by atoms with van der Waals surface area (Å²) in [6.45, 7) is 0. The van der Waals surface area contributed by atoms with Crippen LogP contribution in [0.15, 0.2) is 46.6 Å². The lowest BCUT2D eigenvalue weighted by atomic mass is 9.97. The van der Waals surface area contributed by atoms with Crippen LogP contribution in [0, 0.1) is 0 Å². The minimum absolute atomic E-state index is 0.889. The first-order valence-electron chi connectivity index (χ1n) is 8.56. The fraction of sp³-hybridized carbons (Fsp3) is 0.300. The molecule has 0 spiro atoms. The van der Waals surface area contributed by atoms with Gasteiger partial charge in [-0.3, -0.25) is 0 Å². The Labute approximate surface area is 161 Å². The van der Waals surface area contributed by atoms with Crippen molar-refractivity contribution < 1.29 is 0 Å². The van der Waals surface area contributed by atoms with Gasteiger partial charge in [0, 0.05) is 16.0 Å². The molecular weight excluding hydrogens is 364 g/mol. The van der Waals surface area contributed by atoms with Crippen molar-refractivity contribution in [3.63, 3.8) is 0 Å². The van der Waals surface area contributed by atoms with Gasteiger partial charge in [0.1, 0.15) is 9.86 Å². The van der Waals surface area contributed by atoms with E-state index >= 15 is 0 Å². The molecule has 4 rings (SSSR count). The Balaban J connectivity index is 1.61. The molecule has 2 nitrogen and oxygen atoms in total. The molecule has 2 heterocycles. The average Bonchev–Trinajstić information content (AvgIpc) is 3.04. The highest BCUT2D eigenvalue weighted by Gasteiger charge is 2.21. The van der Waals surface area contributed by atoms with Gasteiger partial charge < -0.3 is 0 Å². The largest absolute Gasteiger partial charge is 0.215 e. The molecule has 0 radical (unpaired) electrons. The van der Waals surface area contributed by atoms with E-state index in [-0.39, 0.29) is 0 Å². The maximum Gasteiger partial charge on any atom is 0.189 e. The van der Waals surface area contributed by atoms with Gasteiger partial charge in [-0.05, 0) is 43.1 Å². The lowest BCUT2D eigenvalue weighted by Gasteiger charge is -2.11. The molecule has 0 saturated carbocycles. The van der Waals surface area contributed by atoms with E-state index in [1.165, 1.54) is 51.9 Å². The van der Waals surface area contributed by atoms with Crippen LogP contribution in [0.2, 0.25) is 0 Å². The van der Waals surface area contributed by atoms with Gasteiger partial charge in [-0.2, -0.15) is 0 Å². The lowest BCUT2D eigenvalue weighted by Crippen LogP contribution is -1.99. The van der Waals surface area contributed by atoms with Crippen LogP contribution in [0.25, 0.3) is 16.3 Å². The highest BCUT2D eigenvalue weighted by molar-refractivity contribution is 7.99. The van der Waals surface area contributed by atoms with Crippen LogP contribution in [-0.2, 0) is 12.8 Å². The number of aryl methyl sites for hydroxylation is 2. The fourth-order valence-corrected chi connectivity index (χ4v) is 5.85. The molecule has 0 N–H and O–H groups in total. The molecule has 1 aromatic carbocycles. The Morgan fingerprint density at radius 3 is 2.80 bits per heavy atom. The zero-order valence-corrected chi connectivity index (χ0v) is 16.6. The van der Waals surface area contributed by atoms with Gasteiger partial charge in [0.2, 0.25) is 0 Å². The van der Waals surface area contributed by atoms with Gasteiger partial charge >= 0.3 is 0 Å². The Morgan fingerprint density at radius 1 is 1.12 bits per heavy atom. The summed E-state index contributed by atoms with van der Waals surface area (Å²) in [5, 5.41) is 3.38. The van der Waals surface area contributed by atoms with Crippen molar-refractivity contribution in [2.45, 2.75) is 35.9 Å². The third-order valence-electron chi connectivity index (χ3n) is 4.37.